The van der Waals surface area contributed by atoms with Crippen molar-refractivity contribution in [1.82, 2.24) is 4.98 Å². The highest BCUT2D eigenvalue weighted by atomic mass is 32.2. The summed E-state index contributed by atoms with van der Waals surface area (Å²) in [6, 6.07) is 5.35. The van der Waals surface area contributed by atoms with Crippen molar-refractivity contribution in [3.8, 4) is 0 Å². The van der Waals surface area contributed by atoms with Gasteiger partial charge in [0.05, 0.1) is 18.2 Å². The molecule has 2 heterocycles. The maximum absolute atomic E-state index is 13.0. The Hall–Kier alpha value is -2.13. The first-order valence-corrected chi connectivity index (χ1v) is 11.2. The molecule has 31 heavy (non-hydrogen) atoms. The molecule has 1 aliphatic heterocycles. The van der Waals surface area contributed by atoms with Crippen molar-refractivity contribution in [3.63, 3.8) is 0 Å². The molecule has 0 aromatic carbocycles. The van der Waals surface area contributed by atoms with Crippen LogP contribution in [-0.2, 0) is 33.3 Å². The Bertz CT molecular complexity index is 774. The van der Waals surface area contributed by atoms with Gasteiger partial charge in [-0.25, -0.2) is 9.78 Å². The monoisotopic (exact) mass is 453 g/mol. The van der Waals surface area contributed by atoms with Crippen molar-refractivity contribution in [3.05, 3.63) is 24.4 Å². The largest absolute Gasteiger partial charge is 0.466 e. The fourth-order valence-corrected chi connectivity index (χ4v) is 5.12. The van der Waals surface area contributed by atoms with Crippen molar-refractivity contribution < 1.29 is 33.3 Å². The molecular weight excluding hydrogens is 422 g/mol. The summed E-state index contributed by atoms with van der Waals surface area (Å²) in [6.45, 7) is 8.42. The second-order valence-corrected chi connectivity index (χ2v) is 9.01. The van der Waals surface area contributed by atoms with E-state index in [-0.39, 0.29) is 24.2 Å². The van der Waals surface area contributed by atoms with Gasteiger partial charge in [0.25, 0.3) is 0 Å². The Morgan fingerprint density at radius 1 is 1.29 bits per heavy atom. The second kappa shape index (κ2) is 10.9. The van der Waals surface area contributed by atoms with Gasteiger partial charge in [0.2, 0.25) is 4.93 Å². The van der Waals surface area contributed by atoms with Gasteiger partial charge >= 0.3 is 17.9 Å². The van der Waals surface area contributed by atoms with E-state index in [1.54, 1.807) is 18.3 Å². The summed E-state index contributed by atoms with van der Waals surface area (Å²) in [5, 5.41) is 0.572. The SMILES string of the molecule is CC[C@@H](OC(C)=O)[C@@H](C)C1O[C@@](Sc2ccccn2)(C(=O)OC)C[C@@H](OC(C)=O)[C@H]1C. The van der Waals surface area contributed by atoms with Crippen molar-refractivity contribution >= 4 is 29.7 Å². The molecule has 1 aromatic rings. The minimum atomic E-state index is -1.47. The van der Waals surface area contributed by atoms with Crippen LogP contribution in [0.2, 0.25) is 0 Å². The maximum atomic E-state index is 13.0. The van der Waals surface area contributed by atoms with Crippen LogP contribution >= 0.6 is 11.8 Å². The minimum Gasteiger partial charge on any atom is -0.466 e. The van der Waals surface area contributed by atoms with Crippen LogP contribution in [0.4, 0.5) is 0 Å². The van der Waals surface area contributed by atoms with Gasteiger partial charge in [-0.2, -0.15) is 0 Å². The summed E-state index contributed by atoms with van der Waals surface area (Å²) >= 11 is 1.13. The predicted octanol–water partition coefficient (Wildman–Crippen LogP) is 3.38. The lowest BCUT2D eigenvalue weighted by molar-refractivity contribution is -0.209. The molecule has 1 fully saturated rings. The smallest absolute Gasteiger partial charge is 0.349 e. The lowest BCUT2D eigenvalue weighted by Crippen LogP contribution is -2.57. The normalized spacial score (nSPS) is 27.6. The summed E-state index contributed by atoms with van der Waals surface area (Å²) in [5.41, 5.74) is 0. The van der Waals surface area contributed by atoms with Crippen LogP contribution in [0.1, 0.15) is 47.5 Å². The molecule has 0 spiro atoms. The molecule has 0 N–H and O–H groups in total. The molecule has 0 amide bonds. The number of hydrogen-bond donors (Lipinski definition) is 0. The van der Waals surface area contributed by atoms with Crippen molar-refractivity contribution in [2.24, 2.45) is 11.8 Å². The fourth-order valence-electron chi connectivity index (χ4n) is 3.94. The number of rotatable bonds is 8. The molecule has 9 heteroatoms. The third-order valence-electron chi connectivity index (χ3n) is 5.45. The lowest BCUT2D eigenvalue weighted by Gasteiger charge is -2.47. The third kappa shape index (κ3) is 6.20. The lowest BCUT2D eigenvalue weighted by atomic mass is 9.81. The van der Waals surface area contributed by atoms with Crippen molar-refractivity contribution in [2.45, 2.75) is 75.7 Å². The molecule has 2 rings (SSSR count). The van der Waals surface area contributed by atoms with Gasteiger partial charge in [0.1, 0.15) is 12.2 Å². The molecule has 1 saturated heterocycles. The standard InChI is InChI=1S/C22H31NO7S/c1-7-17(28-15(4)24)13(2)20-14(3)18(29-16(5)25)12-22(30-20,21(26)27-6)31-19-10-8-9-11-23-19/h8-11,13-14,17-18,20H,7,12H2,1-6H3/t13-,14-,17-,18-,20?,22+/m1/s1. The first kappa shape index (κ1) is 25.1. The minimum absolute atomic E-state index is 0.106. The second-order valence-electron chi connectivity index (χ2n) is 7.72. The molecule has 8 nitrogen and oxygen atoms in total. The van der Waals surface area contributed by atoms with Gasteiger partial charge in [0, 0.05) is 38.3 Å². The third-order valence-corrected chi connectivity index (χ3v) is 6.66. The van der Waals surface area contributed by atoms with Gasteiger partial charge in [-0.1, -0.05) is 38.6 Å². The number of methoxy groups -OCH3 is 1. The summed E-state index contributed by atoms with van der Waals surface area (Å²) in [6.07, 6.45) is 0.744. The zero-order valence-corrected chi connectivity index (χ0v) is 19.6. The first-order valence-electron chi connectivity index (χ1n) is 10.3. The van der Waals surface area contributed by atoms with Crippen LogP contribution < -0.4 is 0 Å². The molecule has 172 valence electrons. The van der Waals surface area contributed by atoms with Gasteiger partial charge in [-0.3, -0.25) is 9.59 Å². The number of carbonyl (C=O) groups is 3. The molecule has 0 aliphatic carbocycles. The molecule has 1 aliphatic rings. The van der Waals surface area contributed by atoms with Gasteiger partial charge < -0.3 is 18.9 Å². The average molecular weight is 454 g/mol. The highest BCUT2D eigenvalue weighted by Crippen LogP contribution is 2.47. The number of aromatic nitrogens is 1. The molecular formula is C22H31NO7S. The number of thioether (sulfide) groups is 1. The average Bonchev–Trinajstić information content (AvgIpc) is 2.73. The topological polar surface area (TPSA) is 101 Å². The first-order chi connectivity index (χ1) is 14.6. The van der Waals surface area contributed by atoms with Crippen LogP contribution in [0.5, 0.6) is 0 Å². The number of pyridine rings is 1. The van der Waals surface area contributed by atoms with E-state index in [4.69, 9.17) is 18.9 Å². The van der Waals surface area contributed by atoms with Crippen molar-refractivity contribution in [1.29, 1.82) is 0 Å². The molecule has 6 atom stereocenters. The van der Waals surface area contributed by atoms with E-state index in [0.717, 1.165) is 11.8 Å². The zero-order valence-electron chi connectivity index (χ0n) is 18.8. The van der Waals surface area contributed by atoms with Gasteiger partial charge in [0.15, 0.2) is 0 Å². The molecule has 0 saturated carbocycles. The van der Waals surface area contributed by atoms with E-state index >= 15 is 0 Å². The Labute approximate surface area is 187 Å². The summed E-state index contributed by atoms with van der Waals surface area (Å²) in [4.78, 5) is 39.2. The summed E-state index contributed by atoms with van der Waals surface area (Å²) < 4.78 is 22.6. The molecule has 0 radical (unpaired) electrons. The van der Waals surface area contributed by atoms with Gasteiger partial charge in [-0.15, -0.1) is 0 Å². The van der Waals surface area contributed by atoms with E-state index in [0.29, 0.717) is 11.4 Å². The van der Waals surface area contributed by atoms with Crippen LogP contribution in [0.15, 0.2) is 29.4 Å². The van der Waals surface area contributed by atoms with Crippen LogP contribution in [0.25, 0.3) is 0 Å². The summed E-state index contributed by atoms with van der Waals surface area (Å²) in [5.74, 6) is -1.94. The number of nitrogens with zero attached hydrogens (tertiary/aromatic N) is 1. The van der Waals surface area contributed by atoms with Crippen LogP contribution in [-0.4, -0.2) is 53.2 Å². The highest BCUT2D eigenvalue weighted by Gasteiger charge is 2.55. The van der Waals surface area contributed by atoms with E-state index < -0.39 is 35.2 Å². The van der Waals surface area contributed by atoms with E-state index in [1.165, 1.54) is 21.0 Å². The molecule has 0 bridgehead atoms. The van der Waals surface area contributed by atoms with Gasteiger partial charge in [-0.05, 0) is 18.6 Å². The number of carbonyl (C=O) groups excluding carboxylic acids is 3. The molecule has 1 aromatic heterocycles. The van der Waals surface area contributed by atoms with Crippen molar-refractivity contribution in [2.75, 3.05) is 7.11 Å². The van der Waals surface area contributed by atoms with E-state index in [1.807, 2.05) is 26.8 Å². The number of esters is 3. The highest BCUT2D eigenvalue weighted by molar-refractivity contribution is 8.01. The Morgan fingerprint density at radius 2 is 2.00 bits per heavy atom. The van der Waals surface area contributed by atoms with E-state index in [2.05, 4.69) is 4.98 Å². The Kier molecular flexibility index (Phi) is 8.88. The quantitative estimate of drug-likeness (QED) is 0.433. The maximum Gasteiger partial charge on any atom is 0.349 e. The zero-order chi connectivity index (χ0) is 23.2. The molecule has 1 unspecified atom stereocenters. The predicted molar refractivity (Wildman–Crippen MR) is 114 cm³/mol. The fraction of sp³-hybridized carbons (Fsp3) is 0.636. The Morgan fingerprint density at radius 3 is 2.52 bits per heavy atom. The van der Waals surface area contributed by atoms with Crippen LogP contribution in [0, 0.1) is 11.8 Å². The number of hydrogen-bond acceptors (Lipinski definition) is 9. The van der Waals surface area contributed by atoms with E-state index in [9.17, 15) is 14.4 Å². The van der Waals surface area contributed by atoms with Crippen LogP contribution in [0.3, 0.4) is 0 Å². The summed E-state index contributed by atoms with van der Waals surface area (Å²) in [7, 11) is 1.29. The Balaban J connectivity index is 2.47. The number of ether oxygens (including phenoxy) is 4.